The fourth-order valence-electron chi connectivity index (χ4n) is 1.50. The van der Waals surface area contributed by atoms with Gasteiger partial charge in [0.25, 0.3) is 0 Å². The lowest BCUT2D eigenvalue weighted by Crippen LogP contribution is -2.54. The van der Waals surface area contributed by atoms with E-state index < -0.39 is 0 Å². The summed E-state index contributed by atoms with van der Waals surface area (Å²) in [6.07, 6.45) is 1.98. The van der Waals surface area contributed by atoms with Gasteiger partial charge >= 0.3 is 0 Å². The van der Waals surface area contributed by atoms with E-state index in [1.165, 1.54) is 0 Å². The van der Waals surface area contributed by atoms with Crippen LogP contribution in [0.5, 0.6) is 0 Å². The lowest BCUT2D eigenvalue weighted by Gasteiger charge is -2.35. The number of nitrogens with zero attached hydrogens (tertiary/aromatic N) is 1. The van der Waals surface area contributed by atoms with E-state index in [1.54, 1.807) is 11.8 Å². The molecule has 13 heavy (non-hydrogen) atoms. The van der Waals surface area contributed by atoms with Crippen LogP contribution >= 0.6 is 11.8 Å². The number of nitrogens with one attached hydrogen (secondary N) is 1. The highest BCUT2D eigenvalue weighted by Gasteiger charge is 2.25. The second kappa shape index (κ2) is 4.86. The normalized spacial score (nSPS) is 25.8. The first-order valence-electron chi connectivity index (χ1n) is 4.70. The zero-order chi connectivity index (χ0) is 9.84. The maximum atomic E-state index is 11.8. The van der Waals surface area contributed by atoms with Crippen molar-refractivity contribution < 1.29 is 4.79 Å². The molecule has 76 valence electrons. The standard InChI is InChI=1S/C9H18N2OS/c1-7-6-10-4-5-11(7)9(12)8(2)13-3/h7-8,10H,4-6H2,1-3H3. The lowest BCUT2D eigenvalue weighted by molar-refractivity contribution is -0.133. The van der Waals surface area contributed by atoms with Gasteiger partial charge in [0.2, 0.25) is 5.91 Å². The molecule has 0 bridgehead atoms. The molecule has 4 heteroatoms. The molecule has 0 radical (unpaired) electrons. The van der Waals surface area contributed by atoms with Crippen molar-refractivity contribution in [3.8, 4) is 0 Å². The van der Waals surface area contributed by atoms with Crippen molar-refractivity contribution in [2.75, 3.05) is 25.9 Å². The van der Waals surface area contributed by atoms with Crippen molar-refractivity contribution in [2.24, 2.45) is 0 Å². The first-order chi connectivity index (χ1) is 6.16. The summed E-state index contributed by atoms with van der Waals surface area (Å²) < 4.78 is 0. The number of rotatable bonds is 2. The molecule has 0 aromatic carbocycles. The van der Waals surface area contributed by atoms with Crippen molar-refractivity contribution in [1.82, 2.24) is 10.2 Å². The van der Waals surface area contributed by atoms with E-state index >= 15 is 0 Å². The summed E-state index contributed by atoms with van der Waals surface area (Å²) in [4.78, 5) is 13.8. The van der Waals surface area contributed by atoms with Gasteiger partial charge < -0.3 is 10.2 Å². The Hall–Kier alpha value is -0.220. The van der Waals surface area contributed by atoms with E-state index in [0.29, 0.717) is 6.04 Å². The molecule has 1 saturated heterocycles. The van der Waals surface area contributed by atoms with Gasteiger partial charge in [-0.3, -0.25) is 4.79 Å². The predicted octanol–water partition coefficient (Wildman–Crippen LogP) is 0.558. The number of carbonyl (C=O) groups excluding carboxylic acids is 1. The molecular formula is C9H18N2OS. The van der Waals surface area contributed by atoms with Crippen molar-refractivity contribution in [3.05, 3.63) is 0 Å². The third-order valence-electron chi connectivity index (χ3n) is 2.49. The van der Waals surface area contributed by atoms with Crippen LogP contribution in [0.15, 0.2) is 0 Å². The van der Waals surface area contributed by atoms with Gasteiger partial charge in [-0.15, -0.1) is 0 Å². The van der Waals surface area contributed by atoms with Gasteiger partial charge in [-0.1, -0.05) is 0 Å². The molecule has 1 heterocycles. The minimum absolute atomic E-state index is 0.0977. The number of carbonyl (C=O) groups is 1. The highest BCUT2D eigenvalue weighted by Crippen LogP contribution is 2.12. The predicted molar refractivity (Wildman–Crippen MR) is 57.0 cm³/mol. The molecule has 3 nitrogen and oxygen atoms in total. The van der Waals surface area contributed by atoms with E-state index in [1.807, 2.05) is 18.1 Å². The fraction of sp³-hybridized carbons (Fsp3) is 0.889. The largest absolute Gasteiger partial charge is 0.336 e. The van der Waals surface area contributed by atoms with Gasteiger partial charge in [0.1, 0.15) is 0 Å². The number of thioether (sulfide) groups is 1. The van der Waals surface area contributed by atoms with E-state index in [9.17, 15) is 4.79 Å². The average molecular weight is 202 g/mol. The van der Waals surface area contributed by atoms with Gasteiger partial charge in [0.15, 0.2) is 0 Å². The third-order valence-corrected chi connectivity index (χ3v) is 3.39. The summed E-state index contributed by atoms with van der Waals surface area (Å²) in [6, 6.07) is 0.343. The minimum Gasteiger partial charge on any atom is -0.336 e. The maximum absolute atomic E-state index is 11.8. The zero-order valence-electron chi connectivity index (χ0n) is 8.54. The molecule has 1 amide bonds. The summed E-state index contributed by atoms with van der Waals surface area (Å²) in [6.45, 7) is 6.77. The Morgan fingerprint density at radius 2 is 2.38 bits per heavy atom. The van der Waals surface area contributed by atoms with Crippen LogP contribution in [0, 0.1) is 0 Å². The summed E-state index contributed by atoms with van der Waals surface area (Å²) in [7, 11) is 0. The number of hydrogen-bond acceptors (Lipinski definition) is 3. The van der Waals surface area contributed by atoms with Crippen LogP contribution in [0.1, 0.15) is 13.8 Å². The van der Waals surface area contributed by atoms with Crippen LogP contribution < -0.4 is 5.32 Å². The molecule has 0 aliphatic carbocycles. The number of amides is 1. The summed E-state index contributed by atoms with van der Waals surface area (Å²) in [5, 5.41) is 3.37. The Morgan fingerprint density at radius 3 is 2.92 bits per heavy atom. The van der Waals surface area contributed by atoms with Gasteiger partial charge in [-0.05, 0) is 20.1 Å². The second-order valence-corrected chi connectivity index (χ2v) is 4.64. The smallest absolute Gasteiger partial charge is 0.235 e. The molecule has 1 N–H and O–H groups in total. The van der Waals surface area contributed by atoms with Crippen LogP contribution in [0.4, 0.5) is 0 Å². The molecule has 1 rings (SSSR count). The molecule has 1 aliphatic rings. The highest BCUT2D eigenvalue weighted by molar-refractivity contribution is 7.99. The van der Waals surface area contributed by atoms with Crippen LogP contribution in [-0.2, 0) is 4.79 Å². The van der Waals surface area contributed by atoms with Gasteiger partial charge in [-0.25, -0.2) is 0 Å². The highest BCUT2D eigenvalue weighted by atomic mass is 32.2. The molecule has 1 fully saturated rings. The lowest BCUT2D eigenvalue weighted by atomic mass is 10.2. The SMILES string of the molecule is CSC(C)C(=O)N1CCNCC1C. The second-order valence-electron chi connectivity index (χ2n) is 3.46. The number of piperazine rings is 1. The van der Waals surface area contributed by atoms with Gasteiger partial charge in [0, 0.05) is 25.7 Å². The van der Waals surface area contributed by atoms with E-state index in [4.69, 9.17) is 0 Å². The quantitative estimate of drug-likeness (QED) is 0.710. The average Bonchev–Trinajstić information content (AvgIpc) is 2.16. The summed E-state index contributed by atoms with van der Waals surface area (Å²) in [5.41, 5.74) is 0. The van der Waals surface area contributed by atoms with Crippen LogP contribution in [0.3, 0.4) is 0 Å². The summed E-state index contributed by atoms with van der Waals surface area (Å²) >= 11 is 1.62. The molecule has 0 spiro atoms. The van der Waals surface area contributed by atoms with Crippen molar-refractivity contribution in [3.63, 3.8) is 0 Å². The van der Waals surface area contributed by atoms with Crippen LogP contribution in [-0.4, -0.2) is 48.0 Å². The Morgan fingerprint density at radius 1 is 1.69 bits per heavy atom. The number of hydrogen-bond donors (Lipinski definition) is 1. The third kappa shape index (κ3) is 2.61. The molecular weight excluding hydrogens is 184 g/mol. The maximum Gasteiger partial charge on any atom is 0.235 e. The molecule has 0 aromatic rings. The molecule has 0 aromatic heterocycles. The minimum atomic E-state index is 0.0977. The fourth-order valence-corrected chi connectivity index (χ4v) is 1.84. The monoisotopic (exact) mass is 202 g/mol. The Kier molecular flexibility index (Phi) is 4.06. The van der Waals surface area contributed by atoms with Crippen molar-refractivity contribution >= 4 is 17.7 Å². The summed E-state index contributed by atoms with van der Waals surface area (Å²) in [5.74, 6) is 0.279. The van der Waals surface area contributed by atoms with Crippen molar-refractivity contribution in [2.45, 2.75) is 25.1 Å². The first kappa shape index (κ1) is 10.9. The van der Waals surface area contributed by atoms with Gasteiger partial charge in [-0.2, -0.15) is 11.8 Å². The molecule has 0 saturated carbocycles. The molecule has 2 atom stereocenters. The molecule has 1 aliphatic heterocycles. The van der Waals surface area contributed by atoms with Crippen LogP contribution in [0.2, 0.25) is 0 Å². The topological polar surface area (TPSA) is 32.3 Å². The Balaban J connectivity index is 2.53. The first-order valence-corrected chi connectivity index (χ1v) is 5.99. The molecule has 2 unspecified atom stereocenters. The van der Waals surface area contributed by atoms with Gasteiger partial charge in [0.05, 0.1) is 5.25 Å². The van der Waals surface area contributed by atoms with E-state index in [2.05, 4.69) is 12.2 Å². The van der Waals surface area contributed by atoms with E-state index in [-0.39, 0.29) is 11.2 Å². The van der Waals surface area contributed by atoms with E-state index in [0.717, 1.165) is 19.6 Å². The van der Waals surface area contributed by atoms with Crippen molar-refractivity contribution in [1.29, 1.82) is 0 Å². The zero-order valence-corrected chi connectivity index (χ0v) is 9.36. The van der Waals surface area contributed by atoms with Crippen LogP contribution in [0.25, 0.3) is 0 Å². The Labute approximate surface area is 84.2 Å². The Bertz CT molecular complexity index is 186.